The van der Waals surface area contributed by atoms with Crippen LogP contribution < -0.4 is 10.2 Å². The molecular weight excluding hydrogens is 326 g/mol. The molecule has 24 heavy (non-hydrogen) atoms. The van der Waals surface area contributed by atoms with Gasteiger partial charge in [0.1, 0.15) is 17.4 Å². The van der Waals surface area contributed by atoms with Crippen molar-refractivity contribution in [3.05, 3.63) is 52.8 Å². The number of nitrogens with zero attached hydrogens (tertiary/aromatic N) is 2. The van der Waals surface area contributed by atoms with E-state index in [9.17, 15) is 10.1 Å². The van der Waals surface area contributed by atoms with Gasteiger partial charge in [0.15, 0.2) is 5.88 Å². The summed E-state index contributed by atoms with van der Waals surface area (Å²) < 4.78 is 5.68. The van der Waals surface area contributed by atoms with Gasteiger partial charge in [-0.2, -0.15) is 5.26 Å². The monoisotopic (exact) mass is 343 g/mol. The van der Waals surface area contributed by atoms with Gasteiger partial charge in [-0.3, -0.25) is 4.79 Å². The number of nitriles is 1. The van der Waals surface area contributed by atoms with E-state index in [2.05, 4.69) is 5.32 Å². The maximum atomic E-state index is 12.2. The number of carbonyl (C=O) groups excluding carboxylic acids is 1. The summed E-state index contributed by atoms with van der Waals surface area (Å²) in [6.07, 6.45) is 1.43. The first-order chi connectivity index (χ1) is 11.6. The van der Waals surface area contributed by atoms with Crippen molar-refractivity contribution in [1.82, 2.24) is 0 Å². The highest BCUT2D eigenvalue weighted by Crippen LogP contribution is 2.21. The van der Waals surface area contributed by atoms with Crippen LogP contribution in [-0.4, -0.2) is 19.0 Å². The molecule has 0 saturated heterocycles. The second-order valence-electron chi connectivity index (χ2n) is 4.98. The summed E-state index contributed by atoms with van der Waals surface area (Å²) in [5, 5.41) is 12.5. The molecule has 2 aromatic rings. The van der Waals surface area contributed by atoms with E-state index in [0.717, 1.165) is 13.1 Å². The number of carbonyl (C=O) groups is 1. The van der Waals surface area contributed by atoms with E-state index < -0.39 is 5.91 Å². The van der Waals surface area contributed by atoms with Crippen molar-refractivity contribution >= 4 is 35.2 Å². The van der Waals surface area contributed by atoms with E-state index in [-0.39, 0.29) is 5.57 Å². The van der Waals surface area contributed by atoms with E-state index in [1.54, 1.807) is 30.3 Å². The lowest BCUT2D eigenvalue weighted by Gasteiger charge is -2.16. The number of benzene rings is 1. The van der Waals surface area contributed by atoms with Crippen LogP contribution >= 0.6 is 11.6 Å². The smallest absolute Gasteiger partial charge is 0.266 e. The van der Waals surface area contributed by atoms with Crippen LogP contribution in [0, 0.1) is 11.3 Å². The standard InChI is InChI=1S/C18H18ClN3O2/c1-3-22(4-2)17-10-9-16(24-17)11-13(12-20)18(23)21-15-7-5-14(19)6-8-15/h5-11H,3-4H2,1-2H3,(H,21,23)/b13-11-. The molecule has 1 heterocycles. The van der Waals surface area contributed by atoms with E-state index in [1.807, 2.05) is 30.9 Å². The van der Waals surface area contributed by atoms with Crippen molar-refractivity contribution in [3.8, 4) is 6.07 Å². The molecule has 5 nitrogen and oxygen atoms in total. The van der Waals surface area contributed by atoms with Crippen molar-refractivity contribution in [2.75, 3.05) is 23.3 Å². The molecule has 2 rings (SSSR count). The third-order valence-electron chi connectivity index (χ3n) is 3.44. The minimum atomic E-state index is -0.499. The Bertz CT molecular complexity index is 768. The highest BCUT2D eigenvalue weighted by Gasteiger charge is 2.12. The quantitative estimate of drug-likeness (QED) is 0.626. The third-order valence-corrected chi connectivity index (χ3v) is 3.69. The van der Waals surface area contributed by atoms with Crippen molar-refractivity contribution in [1.29, 1.82) is 5.26 Å². The van der Waals surface area contributed by atoms with Crippen LogP contribution in [-0.2, 0) is 4.79 Å². The number of amides is 1. The van der Waals surface area contributed by atoms with Gasteiger partial charge in [0.2, 0.25) is 0 Å². The molecule has 0 saturated carbocycles. The first-order valence-corrected chi connectivity index (χ1v) is 7.98. The minimum Gasteiger partial charge on any atom is -0.441 e. The zero-order chi connectivity index (χ0) is 17.5. The Hall–Kier alpha value is -2.71. The fraction of sp³-hybridized carbons (Fsp3) is 0.222. The lowest BCUT2D eigenvalue weighted by molar-refractivity contribution is -0.112. The first kappa shape index (κ1) is 17.6. The number of nitrogens with one attached hydrogen (secondary N) is 1. The molecule has 1 aromatic heterocycles. The Labute approximate surface area is 146 Å². The molecule has 0 aliphatic carbocycles. The van der Waals surface area contributed by atoms with E-state index in [0.29, 0.717) is 22.4 Å². The summed E-state index contributed by atoms with van der Waals surface area (Å²) in [6, 6.07) is 12.1. The molecule has 0 aliphatic heterocycles. The van der Waals surface area contributed by atoms with Crippen LogP contribution in [0.25, 0.3) is 6.08 Å². The summed E-state index contributed by atoms with van der Waals surface area (Å²) in [7, 11) is 0. The number of rotatable bonds is 6. The molecule has 0 aliphatic rings. The van der Waals surface area contributed by atoms with Crippen LogP contribution in [0.2, 0.25) is 5.02 Å². The maximum Gasteiger partial charge on any atom is 0.266 e. The molecule has 1 N–H and O–H groups in total. The molecule has 0 fully saturated rings. The third kappa shape index (κ3) is 4.40. The van der Waals surface area contributed by atoms with Gasteiger partial charge in [-0.1, -0.05) is 11.6 Å². The second-order valence-corrected chi connectivity index (χ2v) is 5.42. The highest BCUT2D eigenvalue weighted by molar-refractivity contribution is 6.30. The Balaban J connectivity index is 2.15. The van der Waals surface area contributed by atoms with Gasteiger partial charge < -0.3 is 14.6 Å². The maximum absolute atomic E-state index is 12.2. The molecular formula is C18H18ClN3O2. The van der Waals surface area contributed by atoms with Gasteiger partial charge in [-0.25, -0.2) is 0 Å². The van der Waals surface area contributed by atoms with Gasteiger partial charge in [0.25, 0.3) is 5.91 Å². The van der Waals surface area contributed by atoms with Crippen molar-refractivity contribution in [2.45, 2.75) is 13.8 Å². The average Bonchev–Trinajstić information content (AvgIpc) is 3.04. The molecule has 0 radical (unpaired) electrons. The van der Waals surface area contributed by atoms with Crippen LogP contribution in [0.4, 0.5) is 11.6 Å². The summed E-state index contributed by atoms with van der Waals surface area (Å²) in [4.78, 5) is 14.2. The zero-order valence-corrected chi connectivity index (χ0v) is 14.3. The van der Waals surface area contributed by atoms with Crippen LogP contribution in [0.1, 0.15) is 19.6 Å². The number of anilines is 2. The number of hydrogen-bond acceptors (Lipinski definition) is 4. The molecule has 6 heteroatoms. The predicted octanol–water partition coefficient (Wildman–Crippen LogP) is 4.32. The molecule has 0 bridgehead atoms. The summed E-state index contributed by atoms with van der Waals surface area (Å²) >= 11 is 5.80. The summed E-state index contributed by atoms with van der Waals surface area (Å²) in [5.41, 5.74) is 0.527. The van der Waals surface area contributed by atoms with E-state index in [4.69, 9.17) is 16.0 Å². The van der Waals surface area contributed by atoms with Crippen molar-refractivity contribution in [2.24, 2.45) is 0 Å². The van der Waals surface area contributed by atoms with Crippen LogP contribution in [0.5, 0.6) is 0 Å². The Morgan fingerprint density at radius 2 is 1.92 bits per heavy atom. The number of furan rings is 1. The van der Waals surface area contributed by atoms with Gasteiger partial charge in [0, 0.05) is 35.9 Å². The normalized spacial score (nSPS) is 11.0. The van der Waals surface area contributed by atoms with Gasteiger partial charge >= 0.3 is 0 Å². The molecule has 0 atom stereocenters. The second kappa shape index (κ2) is 8.23. The van der Waals surface area contributed by atoms with Gasteiger partial charge in [-0.05, 0) is 44.2 Å². The molecule has 1 aromatic carbocycles. The lowest BCUT2D eigenvalue weighted by atomic mass is 10.2. The summed E-state index contributed by atoms with van der Waals surface area (Å²) in [6.45, 7) is 5.69. The average molecular weight is 344 g/mol. The molecule has 0 spiro atoms. The first-order valence-electron chi connectivity index (χ1n) is 7.60. The largest absolute Gasteiger partial charge is 0.441 e. The fourth-order valence-electron chi connectivity index (χ4n) is 2.15. The van der Waals surface area contributed by atoms with E-state index >= 15 is 0 Å². The summed E-state index contributed by atoms with van der Waals surface area (Å²) in [5.74, 6) is 0.668. The number of hydrogen-bond donors (Lipinski definition) is 1. The Morgan fingerprint density at radius 1 is 1.25 bits per heavy atom. The van der Waals surface area contributed by atoms with Crippen LogP contribution in [0.3, 0.4) is 0 Å². The Morgan fingerprint density at radius 3 is 2.50 bits per heavy atom. The highest BCUT2D eigenvalue weighted by atomic mass is 35.5. The van der Waals surface area contributed by atoms with E-state index in [1.165, 1.54) is 6.08 Å². The minimum absolute atomic E-state index is 0.0367. The molecule has 1 amide bonds. The van der Waals surface area contributed by atoms with Crippen LogP contribution in [0.15, 0.2) is 46.4 Å². The topological polar surface area (TPSA) is 69.3 Å². The van der Waals surface area contributed by atoms with Gasteiger partial charge in [0.05, 0.1) is 0 Å². The molecule has 124 valence electrons. The van der Waals surface area contributed by atoms with Crippen molar-refractivity contribution in [3.63, 3.8) is 0 Å². The van der Waals surface area contributed by atoms with Gasteiger partial charge in [-0.15, -0.1) is 0 Å². The zero-order valence-electron chi connectivity index (χ0n) is 13.5. The fourth-order valence-corrected chi connectivity index (χ4v) is 2.27. The Kier molecular flexibility index (Phi) is 6.05. The number of halogens is 1. The SMILES string of the molecule is CCN(CC)c1ccc(/C=C(/C#N)C(=O)Nc2ccc(Cl)cc2)o1. The molecule has 0 unspecified atom stereocenters. The van der Waals surface area contributed by atoms with Crippen molar-refractivity contribution < 1.29 is 9.21 Å². The lowest BCUT2D eigenvalue weighted by Crippen LogP contribution is -2.20. The predicted molar refractivity (Wildman–Crippen MR) is 95.9 cm³/mol.